The molecular formula is C20H31NO3. The second kappa shape index (κ2) is 7.66. The van der Waals surface area contributed by atoms with E-state index in [1.54, 1.807) is 13.8 Å². The highest BCUT2D eigenvalue weighted by Crippen LogP contribution is 2.24. The second-order valence-electron chi connectivity index (χ2n) is 8.12. The van der Waals surface area contributed by atoms with E-state index in [4.69, 9.17) is 9.47 Å². The molecule has 4 heteroatoms. The summed E-state index contributed by atoms with van der Waals surface area (Å²) >= 11 is 0. The molecule has 0 bridgehead atoms. The van der Waals surface area contributed by atoms with Crippen molar-refractivity contribution in [2.75, 3.05) is 13.1 Å². The van der Waals surface area contributed by atoms with Crippen LogP contribution in [0.1, 0.15) is 53.0 Å². The fourth-order valence-corrected chi connectivity index (χ4v) is 2.96. The van der Waals surface area contributed by atoms with Gasteiger partial charge in [0.2, 0.25) is 0 Å². The number of likely N-dealkylation sites (tertiary alicyclic amines) is 1. The molecule has 134 valence electrons. The van der Waals surface area contributed by atoms with Crippen LogP contribution in [0.5, 0.6) is 0 Å². The molecule has 1 fully saturated rings. The van der Waals surface area contributed by atoms with Crippen LogP contribution < -0.4 is 0 Å². The molecule has 4 nitrogen and oxygen atoms in total. The zero-order valence-corrected chi connectivity index (χ0v) is 15.7. The van der Waals surface area contributed by atoms with Crippen LogP contribution >= 0.6 is 0 Å². The van der Waals surface area contributed by atoms with E-state index in [1.165, 1.54) is 5.56 Å². The van der Waals surface area contributed by atoms with Gasteiger partial charge >= 0.3 is 5.97 Å². The summed E-state index contributed by atoms with van der Waals surface area (Å²) in [4.78, 5) is 14.8. The highest BCUT2D eigenvalue weighted by Gasteiger charge is 2.37. The number of nitrogens with zero attached hydrogens (tertiary/aromatic N) is 1. The third kappa shape index (κ3) is 5.91. The minimum atomic E-state index is -0.923. The maximum atomic E-state index is 12.4. The number of piperidine rings is 1. The van der Waals surface area contributed by atoms with E-state index >= 15 is 0 Å². The highest BCUT2D eigenvalue weighted by molar-refractivity contribution is 5.79. The number of ether oxygens (including phenoxy) is 2. The van der Waals surface area contributed by atoms with Crippen molar-refractivity contribution in [3.8, 4) is 0 Å². The van der Waals surface area contributed by atoms with E-state index in [2.05, 4.69) is 29.2 Å². The maximum Gasteiger partial charge on any atom is 0.338 e. The normalized spacial score (nSPS) is 20.0. The molecule has 1 unspecified atom stereocenters. The third-order valence-electron chi connectivity index (χ3n) is 4.06. The Balaban J connectivity index is 1.91. The number of carbonyl (C=O) groups is 1. The number of hydrogen-bond donors (Lipinski definition) is 0. The van der Waals surface area contributed by atoms with Crippen molar-refractivity contribution in [3.63, 3.8) is 0 Å². The van der Waals surface area contributed by atoms with Crippen LogP contribution in [-0.2, 0) is 20.8 Å². The summed E-state index contributed by atoms with van der Waals surface area (Å²) in [7, 11) is 0. The molecule has 1 saturated heterocycles. The van der Waals surface area contributed by atoms with Gasteiger partial charge in [0, 0.05) is 13.1 Å². The van der Waals surface area contributed by atoms with Gasteiger partial charge in [0.05, 0.1) is 6.10 Å². The summed E-state index contributed by atoms with van der Waals surface area (Å²) in [6.07, 6.45) is 2.13. The van der Waals surface area contributed by atoms with Crippen LogP contribution in [0.15, 0.2) is 30.3 Å². The fraction of sp³-hybridized carbons (Fsp3) is 0.650. The fourth-order valence-electron chi connectivity index (χ4n) is 2.96. The zero-order valence-electron chi connectivity index (χ0n) is 15.7. The molecule has 24 heavy (non-hydrogen) atoms. The summed E-state index contributed by atoms with van der Waals surface area (Å²) in [6, 6.07) is 10.5. The molecule has 1 aliphatic heterocycles. The highest BCUT2D eigenvalue weighted by atomic mass is 16.6. The monoisotopic (exact) mass is 333 g/mol. The van der Waals surface area contributed by atoms with E-state index in [1.807, 2.05) is 26.8 Å². The number of carbonyl (C=O) groups excluding carboxylic acids is 1. The van der Waals surface area contributed by atoms with Crippen molar-refractivity contribution in [3.05, 3.63) is 35.9 Å². The molecule has 0 aromatic heterocycles. The van der Waals surface area contributed by atoms with E-state index in [0.29, 0.717) is 0 Å². The molecule has 1 heterocycles. The third-order valence-corrected chi connectivity index (χ3v) is 4.06. The first-order chi connectivity index (χ1) is 11.2. The minimum absolute atomic E-state index is 0.0602. The van der Waals surface area contributed by atoms with E-state index in [9.17, 15) is 4.79 Å². The summed E-state index contributed by atoms with van der Waals surface area (Å²) in [5.74, 6) is -0.296. The Morgan fingerprint density at radius 3 is 2.46 bits per heavy atom. The molecule has 1 aromatic rings. The van der Waals surface area contributed by atoms with E-state index in [0.717, 1.165) is 32.5 Å². The first-order valence-electron chi connectivity index (χ1n) is 8.83. The molecule has 0 spiro atoms. The maximum absolute atomic E-state index is 12.4. The zero-order chi connectivity index (χ0) is 17.8. The SMILES string of the molecule is CC(C)(C)OC(=O)C(C)(C)OC1CCCN(Cc2ccccc2)C1. The van der Waals surface area contributed by atoms with Crippen LogP contribution in [0.2, 0.25) is 0 Å². The standard InChI is InChI=1S/C20H31NO3/c1-19(2,3)24-18(22)20(4,5)23-17-12-9-13-21(15-17)14-16-10-7-6-8-11-16/h6-8,10-11,17H,9,12-15H2,1-5H3. The summed E-state index contributed by atoms with van der Waals surface area (Å²) in [6.45, 7) is 12.1. The summed E-state index contributed by atoms with van der Waals surface area (Å²) in [5.41, 5.74) is -0.110. The molecule has 2 rings (SSSR count). The van der Waals surface area contributed by atoms with Crippen molar-refractivity contribution < 1.29 is 14.3 Å². The van der Waals surface area contributed by atoms with Crippen molar-refractivity contribution >= 4 is 5.97 Å². The molecule has 1 atom stereocenters. The molecule has 1 aromatic carbocycles. The lowest BCUT2D eigenvalue weighted by Gasteiger charge is -2.37. The Bertz CT molecular complexity index is 534. The van der Waals surface area contributed by atoms with Gasteiger partial charge in [0.1, 0.15) is 5.60 Å². The molecule has 0 amide bonds. The lowest BCUT2D eigenvalue weighted by Crippen LogP contribution is -2.47. The van der Waals surface area contributed by atoms with Gasteiger partial charge in [0.25, 0.3) is 0 Å². The van der Waals surface area contributed by atoms with Gasteiger partial charge in [-0.25, -0.2) is 4.79 Å². The van der Waals surface area contributed by atoms with E-state index in [-0.39, 0.29) is 12.1 Å². The second-order valence-corrected chi connectivity index (χ2v) is 8.12. The van der Waals surface area contributed by atoms with Gasteiger partial charge < -0.3 is 9.47 Å². The Kier molecular flexibility index (Phi) is 6.05. The first kappa shape index (κ1) is 18.9. The van der Waals surface area contributed by atoms with Gasteiger partial charge in [0.15, 0.2) is 5.60 Å². The number of rotatable bonds is 5. The van der Waals surface area contributed by atoms with Gasteiger partial charge in [-0.15, -0.1) is 0 Å². The number of esters is 1. The smallest absolute Gasteiger partial charge is 0.338 e. The number of hydrogen-bond acceptors (Lipinski definition) is 4. The van der Waals surface area contributed by atoms with Crippen molar-refractivity contribution in [2.24, 2.45) is 0 Å². The van der Waals surface area contributed by atoms with Crippen LogP contribution in [0.3, 0.4) is 0 Å². The molecule has 0 radical (unpaired) electrons. The van der Waals surface area contributed by atoms with Crippen LogP contribution in [0.4, 0.5) is 0 Å². The average Bonchev–Trinajstić information content (AvgIpc) is 2.46. The molecule has 0 saturated carbocycles. The quantitative estimate of drug-likeness (QED) is 0.769. The lowest BCUT2D eigenvalue weighted by molar-refractivity contribution is -0.188. The van der Waals surface area contributed by atoms with Gasteiger partial charge in [-0.2, -0.15) is 0 Å². The average molecular weight is 333 g/mol. The van der Waals surface area contributed by atoms with Gasteiger partial charge in [-0.05, 0) is 59.6 Å². The Hall–Kier alpha value is -1.39. The van der Waals surface area contributed by atoms with Gasteiger partial charge in [-0.3, -0.25) is 4.90 Å². The summed E-state index contributed by atoms with van der Waals surface area (Å²) < 4.78 is 11.6. The molecule has 1 aliphatic rings. The minimum Gasteiger partial charge on any atom is -0.458 e. The molecule has 0 N–H and O–H groups in total. The van der Waals surface area contributed by atoms with Crippen LogP contribution in [-0.4, -0.2) is 41.3 Å². The molecular weight excluding hydrogens is 302 g/mol. The summed E-state index contributed by atoms with van der Waals surface area (Å²) in [5, 5.41) is 0. The van der Waals surface area contributed by atoms with Gasteiger partial charge in [-0.1, -0.05) is 30.3 Å². The van der Waals surface area contributed by atoms with Crippen LogP contribution in [0.25, 0.3) is 0 Å². The topological polar surface area (TPSA) is 38.8 Å². The first-order valence-corrected chi connectivity index (χ1v) is 8.83. The Morgan fingerprint density at radius 1 is 1.17 bits per heavy atom. The lowest BCUT2D eigenvalue weighted by atomic mass is 10.0. The largest absolute Gasteiger partial charge is 0.458 e. The number of benzene rings is 1. The Labute approximate surface area is 146 Å². The van der Waals surface area contributed by atoms with Crippen molar-refractivity contribution in [2.45, 2.75) is 71.3 Å². The molecule has 0 aliphatic carbocycles. The van der Waals surface area contributed by atoms with Crippen molar-refractivity contribution in [1.29, 1.82) is 0 Å². The predicted octanol–water partition coefficient (Wildman–Crippen LogP) is 3.79. The predicted molar refractivity (Wildman–Crippen MR) is 95.8 cm³/mol. The van der Waals surface area contributed by atoms with Crippen LogP contribution in [0, 0.1) is 0 Å². The Morgan fingerprint density at radius 2 is 1.83 bits per heavy atom. The van der Waals surface area contributed by atoms with E-state index < -0.39 is 11.2 Å². The van der Waals surface area contributed by atoms with Crippen molar-refractivity contribution in [1.82, 2.24) is 4.90 Å².